The van der Waals surface area contributed by atoms with Crippen LogP contribution in [0.1, 0.15) is 19.3 Å². The third-order valence-corrected chi connectivity index (χ3v) is 3.60. The van der Waals surface area contributed by atoms with Crippen LogP contribution in [0, 0.1) is 0 Å². The first-order chi connectivity index (χ1) is 9.60. The van der Waals surface area contributed by atoms with Crippen molar-refractivity contribution >= 4 is 28.9 Å². The van der Waals surface area contributed by atoms with Gasteiger partial charge in [0.1, 0.15) is 0 Å². The average molecular weight is 298 g/mol. The molecule has 0 aliphatic heterocycles. The molecule has 0 aromatic heterocycles. The van der Waals surface area contributed by atoms with E-state index in [1.165, 1.54) is 0 Å². The zero-order chi connectivity index (χ0) is 14.5. The summed E-state index contributed by atoms with van der Waals surface area (Å²) in [7, 11) is 0. The van der Waals surface area contributed by atoms with Crippen molar-refractivity contribution in [3.8, 4) is 0 Å². The quantitative estimate of drug-likeness (QED) is 0.670. The Morgan fingerprint density at radius 3 is 2.80 bits per heavy atom. The topological polar surface area (TPSA) is 78.6 Å². The number of benzene rings is 1. The minimum absolute atomic E-state index is 0.0809. The van der Waals surface area contributed by atoms with Crippen LogP contribution in [0.4, 0.5) is 11.4 Å². The Kier molecular flexibility index (Phi) is 5.23. The molecule has 6 heteroatoms. The van der Waals surface area contributed by atoms with Gasteiger partial charge in [-0.3, -0.25) is 9.69 Å². The van der Waals surface area contributed by atoms with Gasteiger partial charge in [0.15, 0.2) is 0 Å². The molecule has 4 N–H and O–H groups in total. The summed E-state index contributed by atoms with van der Waals surface area (Å²) < 4.78 is 0. The molecule has 1 aromatic carbocycles. The van der Waals surface area contributed by atoms with Crippen molar-refractivity contribution in [2.24, 2.45) is 0 Å². The number of carbonyl (C=O) groups is 1. The maximum absolute atomic E-state index is 11.9. The lowest BCUT2D eigenvalue weighted by Gasteiger charge is -2.20. The van der Waals surface area contributed by atoms with E-state index in [2.05, 4.69) is 10.2 Å². The fraction of sp³-hybridized carbons (Fsp3) is 0.500. The summed E-state index contributed by atoms with van der Waals surface area (Å²) in [5.41, 5.74) is 6.83. The number of nitrogens with one attached hydrogen (secondary N) is 1. The van der Waals surface area contributed by atoms with Crippen LogP contribution in [0.2, 0.25) is 5.02 Å². The van der Waals surface area contributed by atoms with Crippen LogP contribution >= 0.6 is 11.6 Å². The van der Waals surface area contributed by atoms with Gasteiger partial charge in [0.05, 0.1) is 18.0 Å². The highest BCUT2D eigenvalue weighted by atomic mass is 35.5. The van der Waals surface area contributed by atoms with E-state index in [1.807, 2.05) is 0 Å². The molecule has 0 radical (unpaired) electrons. The third-order valence-electron chi connectivity index (χ3n) is 3.36. The standard InChI is InChI=1S/C14H20ClN3O2/c15-10-1-4-13(12(16)9-10)17-14(20)5-6-18(7-8-19)11-2-3-11/h1,4,9,11,19H,2-3,5-8,16H2,(H,17,20). The van der Waals surface area contributed by atoms with Crippen molar-refractivity contribution < 1.29 is 9.90 Å². The van der Waals surface area contributed by atoms with Gasteiger partial charge in [0, 0.05) is 30.6 Å². The van der Waals surface area contributed by atoms with Gasteiger partial charge >= 0.3 is 0 Å². The maximum atomic E-state index is 11.9. The summed E-state index contributed by atoms with van der Waals surface area (Å²) in [6.07, 6.45) is 2.70. The maximum Gasteiger partial charge on any atom is 0.225 e. The highest BCUT2D eigenvalue weighted by Gasteiger charge is 2.28. The Balaban J connectivity index is 1.82. The predicted molar refractivity (Wildman–Crippen MR) is 80.8 cm³/mol. The highest BCUT2D eigenvalue weighted by molar-refractivity contribution is 6.31. The number of carbonyl (C=O) groups excluding carboxylic acids is 1. The number of aliphatic hydroxyl groups is 1. The number of nitrogens with two attached hydrogens (primary N) is 1. The largest absolute Gasteiger partial charge is 0.397 e. The van der Waals surface area contributed by atoms with Crippen molar-refractivity contribution in [2.75, 3.05) is 30.7 Å². The molecule has 0 heterocycles. The van der Waals surface area contributed by atoms with E-state index in [-0.39, 0.29) is 12.5 Å². The smallest absolute Gasteiger partial charge is 0.225 e. The number of nitrogens with zero attached hydrogens (tertiary/aromatic N) is 1. The van der Waals surface area contributed by atoms with E-state index >= 15 is 0 Å². The summed E-state index contributed by atoms with van der Waals surface area (Å²) in [5, 5.41) is 12.3. The highest BCUT2D eigenvalue weighted by Crippen LogP contribution is 2.27. The van der Waals surface area contributed by atoms with E-state index in [9.17, 15) is 4.79 Å². The van der Waals surface area contributed by atoms with E-state index in [0.717, 1.165) is 12.8 Å². The Bertz CT molecular complexity index is 477. The molecule has 5 nitrogen and oxygen atoms in total. The van der Waals surface area contributed by atoms with Crippen LogP contribution in [0.15, 0.2) is 18.2 Å². The molecule has 110 valence electrons. The van der Waals surface area contributed by atoms with Crippen molar-refractivity contribution in [3.05, 3.63) is 23.2 Å². The van der Waals surface area contributed by atoms with Crippen LogP contribution < -0.4 is 11.1 Å². The Labute approximate surface area is 123 Å². The number of hydrogen-bond donors (Lipinski definition) is 3. The van der Waals surface area contributed by atoms with Crippen LogP contribution in [-0.4, -0.2) is 41.7 Å². The second kappa shape index (κ2) is 6.92. The number of anilines is 2. The second-order valence-electron chi connectivity index (χ2n) is 5.02. The summed E-state index contributed by atoms with van der Waals surface area (Å²) in [4.78, 5) is 14.1. The Morgan fingerprint density at radius 1 is 1.45 bits per heavy atom. The summed E-state index contributed by atoms with van der Waals surface area (Å²) in [6, 6.07) is 5.53. The second-order valence-corrected chi connectivity index (χ2v) is 5.46. The molecule has 0 atom stereocenters. The molecule has 0 unspecified atom stereocenters. The van der Waals surface area contributed by atoms with Crippen molar-refractivity contribution in [2.45, 2.75) is 25.3 Å². The first-order valence-corrected chi connectivity index (χ1v) is 7.17. The van der Waals surface area contributed by atoms with E-state index < -0.39 is 0 Å². The van der Waals surface area contributed by atoms with E-state index in [0.29, 0.717) is 41.9 Å². The van der Waals surface area contributed by atoms with Gasteiger partial charge in [-0.15, -0.1) is 0 Å². The molecule has 0 spiro atoms. The SMILES string of the molecule is Nc1cc(Cl)ccc1NC(=O)CCN(CCO)C1CC1. The minimum atomic E-state index is -0.0809. The molecule has 2 rings (SSSR count). The fourth-order valence-electron chi connectivity index (χ4n) is 2.15. The lowest BCUT2D eigenvalue weighted by atomic mass is 10.2. The molecule has 1 aromatic rings. The van der Waals surface area contributed by atoms with Crippen molar-refractivity contribution in [1.29, 1.82) is 0 Å². The number of aliphatic hydroxyl groups excluding tert-OH is 1. The average Bonchev–Trinajstić information content (AvgIpc) is 3.22. The lowest BCUT2D eigenvalue weighted by molar-refractivity contribution is -0.116. The zero-order valence-electron chi connectivity index (χ0n) is 11.3. The molecule has 20 heavy (non-hydrogen) atoms. The monoisotopic (exact) mass is 297 g/mol. The molecule has 1 saturated carbocycles. The van der Waals surface area contributed by atoms with E-state index in [4.69, 9.17) is 22.4 Å². The third kappa shape index (κ3) is 4.37. The fourth-order valence-corrected chi connectivity index (χ4v) is 2.33. The molecule has 0 bridgehead atoms. The van der Waals surface area contributed by atoms with Crippen LogP contribution in [0.25, 0.3) is 0 Å². The molecule has 1 aliphatic rings. The minimum Gasteiger partial charge on any atom is -0.397 e. The normalized spacial score (nSPS) is 14.6. The van der Waals surface area contributed by atoms with Crippen LogP contribution in [0.5, 0.6) is 0 Å². The van der Waals surface area contributed by atoms with Gasteiger partial charge in [-0.2, -0.15) is 0 Å². The number of hydrogen-bond acceptors (Lipinski definition) is 4. The number of rotatable bonds is 7. The van der Waals surface area contributed by atoms with Gasteiger partial charge in [0.2, 0.25) is 5.91 Å². The molecule has 1 amide bonds. The molecule has 0 saturated heterocycles. The molecular weight excluding hydrogens is 278 g/mol. The first kappa shape index (κ1) is 15.1. The Morgan fingerprint density at radius 2 is 2.20 bits per heavy atom. The van der Waals surface area contributed by atoms with E-state index in [1.54, 1.807) is 18.2 Å². The Hall–Kier alpha value is -1.30. The van der Waals surface area contributed by atoms with Gasteiger partial charge in [-0.25, -0.2) is 0 Å². The van der Waals surface area contributed by atoms with Crippen molar-refractivity contribution in [1.82, 2.24) is 4.90 Å². The van der Waals surface area contributed by atoms with Gasteiger partial charge < -0.3 is 16.2 Å². The van der Waals surface area contributed by atoms with Gasteiger partial charge in [0.25, 0.3) is 0 Å². The molecule has 1 fully saturated rings. The van der Waals surface area contributed by atoms with Crippen molar-refractivity contribution in [3.63, 3.8) is 0 Å². The van der Waals surface area contributed by atoms with Crippen LogP contribution in [0.3, 0.4) is 0 Å². The van der Waals surface area contributed by atoms with Crippen LogP contribution in [-0.2, 0) is 4.79 Å². The lowest BCUT2D eigenvalue weighted by Crippen LogP contribution is -2.32. The predicted octanol–water partition coefficient (Wildman–Crippen LogP) is 1.71. The molecule has 1 aliphatic carbocycles. The van der Waals surface area contributed by atoms with Gasteiger partial charge in [-0.05, 0) is 31.0 Å². The number of nitrogen functional groups attached to an aromatic ring is 1. The van der Waals surface area contributed by atoms with Gasteiger partial charge in [-0.1, -0.05) is 11.6 Å². The zero-order valence-corrected chi connectivity index (χ0v) is 12.1. The summed E-state index contributed by atoms with van der Waals surface area (Å²) in [6.45, 7) is 1.41. The summed E-state index contributed by atoms with van der Waals surface area (Å²) in [5.74, 6) is -0.0809. The number of amides is 1. The summed E-state index contributed by atoms with van der Waals surface area (Å²) >= 11 is 5.81. The first-order valence-electron chi connectivity index (χ1n) is 6.80. The number of halogens is 1. The molecular formula is C14H20ClN3O2.